The molecule has 0 aliphatic heterocycles. The number of aromatic nitrogens is 3. The predicted octanol–water partition coefficient (Wildman–Crippen LogP) is 3.54. The highest BCUT2D eigenvalue weighted by atomic mass is 15.3. The average Bonchev–Trinajstić information content (AvgIpc) is 2.65. The van der Waals surface area contributed by atoms with Crippen LogP contribution in [0.1, 0.15) is 71.2 Å². The van der Waals surface area contributed by atoms with Gasteiger partial charge in [-0.3, -0.25) is 0 Å². The summed E-state index contributed by atoms with van der Waals surface area (Å²) in [5, 5.41) is 8.47. The maximum absolute atomic E-state index is 4.37. The molecule has 3 heteroatoms. The Morgan fingerprint density at radius 1 is 1.38 bits per heavy atom. The molecule has 0 radical (unpaired) electrons. The van der Waals surface area contributed by atoms with Gasteiger partial charge in [0.2, 0.25) is 0 Å². The SMILES string of the molecule is CC(C)n1cnnc1C1CCCCC1(C)C. The minimum atomic E-state index is 0.373. The van der Waals surface area contributed by atoms with E-state index in [0.29, 0.717) is 17.4 Å². The van der Waals surface area contributed by atoms with E-state index in [1.54, 1.807) is 0 Å². The van der Waals surface area contributed by atoms with Crippen LogP contribution in [0, 0.1) is 5.41 Å². The van der Waals surface area contributed by atoms with E-state index in [0.717, 1.165) is 0 Å². The Balaban J connectivity index is 2.31. The summed E-state index contributed by atoms with van der Waals surface area (Å²) in [6, 6.07) is 0.461. The summed E-state index contributed by atoms with van der Waals surface area (Å²) in [5.74, 6) is 1.77. The molecule has 1 aromatic heterocycles. The van der Waals surface area contributed by atoms with Crippen molar-refractivity contribution in [2.45, 2.75) is 65.3 Å². The van der Waals surface area contributed by atoms with Crippen molar-refractivity contribution in [3.63, 3.8) is 0 Å². The van der Waals surface area contributed by atoms with Crippen LogP contribution in [-0.4, -0.2) is 14.8 Å². The number of rotatable bonds is 2. The number of hydrogen-bond acceptors (Lipinski definition) is 2. The third-order valence-corrected chi connectivity index (χ3v) is 3.98. The first-order valence-electron chi connectivity index (χ1n) is 6.42. The molecule has 1 heterocycles. The second kappa shape index (κ2) is 4.19. The van der Waals surface area contributed by atoms with Crippen LogP contribution in [-0.2, 0) is 0 Å². The molecule has 0 amide bonds. The van der Waals surface area contributed by atoms with Crippen molar-refractivity contribution >= 4 is 0 Å². The standard InChI is InChI=1S/C13H23N3/c1-10(2)16-9-14-15-12(16)11-7-5-6-8-13(11,3)4/h9-11H,5-8H2,1-4H3. The molecular weight excluding hydrogens is 198 g/mol. The maximum Gasteiger partial charge on any atom is 0.136 e. The fraction of sp³-hybridized carbons (Fsp3) is 0.846. The summed E-state index contributed by atoms with van der Waals surface area (Å²) in [6.45, 7) is 9.14. The van der Waals surface area contributed by atoms with Crippen LogP contribution in [0.15, 0.2) is 6.33 Å². The van der Waals surface area contributed by atoms with Crippen LogP contribution in [0.3, 0.4) is 0 Å². The van der Waals surface area contributed by atoms with Gasteiger partial charge in [-0.1, -0.05) is 26.7 Å². The lowest BCUT2D eigenvalue weighted by molar-refractivity contribution is 0.187. The largest absolute Gasteiger partial charge is 0.315 e. The van der Waals surface area contributed by atoms with E-state index in [1.165, 1.54) is 31.5 Å². The Labute approximate surface area is 98.3 Å². The summed E-state index contributed by atoms with van der Waals surface area (Å²) < 4.78 is 2.23. The Morgan fingerprint density at radius 3 is 2.75 bits per heavy atom. The van der Waals surface area contributed by atoms with Gasteiger partial charge in [-0.2, -0.15) is 0 Å². The van der Waals surface area contributed by atoms with Gasteiger partial charge in [-0.05, 0) is 32.1 Å². The summed E-state index contributed by atoms with van der Waals surface area (Å²) in [6.07, 6.45) is 7.14. The van der Waals surface area contributed by atoms with Gasteiger partial charge < -0.3 is 4.57 Å². The summed E-state index contributed by atoms with van der Waals surface area (Å²) in [4.78, 5) is 0. The van der Waals surface area contributed by atoms with E-state index in [9.17, 15) is 0 Å². The fourth-order valence-electron chi connectivity index (χ4n) is 2.87. The van der Waals surface area contributed by atoms with Crippen molar-refractivity contribution in [2.24, 2.45) is 5.41 Å². The number of nitrogens with zero attached hydrogens (tertiary/aromatic N) is 3. The topological polar surface area (TPSA) is 30.7 Å². The molecule has 0 N–H and O–H groups in total. The van der Waals surface area contributed by atoms with Gasteiger partial charge in [-0.25, -0.2) is 0 Å². The molecule has 1 aliphatic carbocycles. The first kappa shape index (κ1) is 11.6. The van der Waals surface area contributed by atoms with Crippen LogP contribution in [0.25, 0.3) is 0 Å². The van der Waals surface area contributed by atoms with E-state index >= 15 is 0 Å². The molecular formula is C13H23N3. The summed E-state index contributed by atoms with van der Waals surface area (Å²) in [5.41, 5.74) is 0.373. The van der Waals surface area contributed by atoms with Gasteiger partial charge in [-0.15, -0.1) is 10.2 Å². The molecule has 16 heavy (non-hydrogen) atoms. The lowest BCUT2D eigenvalue weighted by atomic mass is 9.68. The van der Waals surface area contributed by atoms with E-state index in [1.807, 2.05) is 6.33 Å². The van der Waals surface area contributed by atoms with Gasteiger partial charge in [0.1, 0.15) is 12.2 Å². The first-order valence-corrected chi connectivity index (χ1v) is 6.42. The quantitative estimate of drug-likeness (QED) is 0.764. The summed E-state index contributed by atoms with van der Waals surface area (Å²) >= 11 is 0. The van der Waals surface area contributed by atoms with E-state index in [2.05, 4.69) is 42.5 Å². The lowest BCUT2D eigenvalue weighted by Gasteiger charge is -2.38. The third kappa shape index (κ3) is 2.00. The zero-order chi connectivity index (χ0) is 11.8. The van der Waals surface area contributed by atoms with Crippen LogP contribution in [0.4, 0.5) is 0 Å². The van der Waals surface area contributed by atoms with Crippen molar-refractivity contribution in [3.05, 3.63) is 12.2 Å². The molecule has 0 spiro atoms. The van der Waals surface area contributed by atoms with Crippen LogP contribution in [0.5, 0.6) is 0 Å². The van der Waals surface area contributed by atoms with Gasteiger partial charge in [0.25, 0.3) is 0 Å². The Morgan fingerprint density at radius 2 is 2.12 bits per heavy atom. The molecule has 3 nitrogen and oxygen atoms in total. The second-order valence-corrected chi connectivity index (χ2v) is 5.98. The highest BCUT2D eigenvalue weighted by Crippen LogP contribution is 2.46. The van der Waals surface area contributed by atoms with Gasteiger partial charge in [0.15, 0.2) is 0 Å². The molecule has 1 fully saturated rings. The van der Waals surface area contributed by atoms with Crippen molar-refractivity contribution in [1.29, 1.82) is 0 Å². The molecule has 0 bridgehead atoms. The zero-order valence-electron chi connectivity index (χ0n) is 10.9. The van der Waals surface area contributed by atoms with Gasteiger partial charge in [0.05, 0.1) is 0 Å². The van der Waals surface area contributed by atoms with Crippen molar-refractivity contribution in [2.75, 3.05) is 0 Å². The molecule has 1 unspecified atom stereocenters. The smallest absolute Gasteiger partial charge is 0.136 e. The minimum absolute atomic E-state index is 0.373. The third-order valence-electron chi connectivity index (χ3n) is 3.98. The first-order chi connectivity index (χ1) is 7.52. The Hall–Kier alpha value is -0.860. The molecule has 0 aromatic carbocycles. The lowest BCUT2D eigenvalue weighted by Crippen LogP contribution is -2.28. The van der Waals surface area contributed by atoms with Crippen LogP contribution >= 0.6 is 0 Å². The highest BCUT2D eigenvalue weighted by molar-refractivity contribution is 5.05. The minimum Gasteiger partial charge on any atom is -0.315 e. The molecule has 2 rings (SSSR count). The fourth-order valence-corrected chi connectivity index (χ4v) is 2.87. The molecule has 1 atom stereocenters. The predicted molar refractivity (Wildman–Crippen MR) is 65.4 cm³/mol. The van der Waals surface area contributed by atoms with E-state index < -0.39 is 0 Å². The molecule has 1 aromatic rings. The average molecular weight is 221 g/mol. The molecule has 1 aliphatic rings. The van der Waals surface area contributed by atoms with Gasteiger partial charge in [0, 0.05) is 12.0 Å². The van der Waals surface area contributed by atoms with Crippen molar-refractivity contribution < 1.29 is 0 Å². The van der Waals surface area contributed by atoms with Crippen molar-refractivity contribution in [3.8, 4) is 0 Å². The number of hydrogen-bond donors (Lipinski definition) is 0. The Kier molecular flexibility index (Phi) is 3.04. The molecule has 90 valence electrons. The van der Waals surface area contributed by atoms with Gasteiger partial charge >= 0.3 is 0 Å². The zero-order valence-corrected chi connectivity index (χ0v) is 10.9. The Bertz CT molecular complexity index is 352. The highest BCUT2D eigenvalue weighted by Gasteiger charge is 2.36. The monoisotopic (exact) mass is 221 g/mol. The molecule has 1 saturated carbocycles. The van der Waals surface area contributed by atoms with E-state index in [4.69, 9.17) is 0 Å². The second-order valence-electron chi connectivity index (χ2n) is 5.98. The van der Waals surface area contributed by atoms with Crippen molar-refractivity contribution in [1.82, 2.24) is 14.8 Å². The summed E-state index contributed by atoms with van der Waals surface area (Å²) in [7, 11) is 0. The van der Waals surface area contributed by atoms with Crippen LogP contribution in [0.2, 0.25) is 0 Å². The maximum atomic E-state index is 4.37. The normalized spacial score (nSPS) is 24.9. The molecule has 0 saturated heterocycles. The van der Waals surface area contributed by atoms with Crippen LogP contribution < -0.4 is 0 Å². The van der Waals surface area contributed by atoms with E-state index in [-0.39, 0.29) is 0 Å².